The summed E-state index contributed by atoms with van der Waals surface area (Å²) in [6.45, 7) is 3.06. The molecule has 1 amide bonds. The molecule has 1 aromatic carbocycles. The number of amides is 1. The summed E-state index contributed by atoms with van der Waals surface area (Å²) in [4.78, 5) is 33.5. The summed E-state index contributed by atoms with van der Waals surface area (Å²) in [5, 5.41) is 16.1. The number of rotatable bonds is 4. The van der Waals surface area contributed by atoms with Crippen molar-refractivity contribution < 1.29 is 28.6 Å². The number of nitrogens with zero attached hydrogens (tertiary/aromatic N) is 3. The first kappa shape index (κ1) is 28.9. The first-order valence-corrected chi connectivity index (χ1v) is 12.7. The van der Waals surface area contributed by atoms with E-state index in [0.29, 0.717) is 22.4 Å². The van der Waals surface area contributed by atoms with Crippen molar-refractivity contribution in [2.24, 2.45) is 16.8 Å². The highest BCUT2D eigenvalue weighted by Crippen LogP contribution is 2.39. The van der Waals surface area contributed by atoms with Crippen molar-refractivity contribution in [3.8, 4) is 5.88 Å². The van der Waals surface area contributed by atoms with Gasteiger partial charge in [0.15, 0.2) is 5.82 Å². The largest absolute Gasteiger partial charge is 0.508 e. The molecule has 0 saturated heterocycles. The van der Waals surface area contributed by atoms with Crippen LogP contribution in [-0.4, -0.2) is 50.2 Å². The van der Waals surface area contributed by atoms with Crippen molar-refractivity contribution >= 4 is 52.4 Å². The SMILES string of the molecule is CC(/C1=C2/N=C(NCc3cc(F)cnc3O[C@@H](C)CNC1=O)C(c1ccc(N)cc1)=CN2N)C(Cl)(Cl)OC(=O)O. The highest BCUT2D eigenvalue weighted by atomic mass is 35.5. The van der Waals surface area contributed by atoms with E-state index >= 15 is 0 Å². The average Bonchev–Trinajstić information content (AvgIpc) is 2.88. The van der Waals surface area contributed by atoms with Gasteiger partial charge >= 0.3 is 6.16 Å². The Hall–Kier alpha value is -4.07. The predicted octanol–water partition coefficient (Wildman–Crippen LogP) is 3.09. The summed E-state index contributed by atoms with van der Waals surface area (Å²) in [5.41, 5.74) is 7.76. The summed E-state index contributed by atoms with van der Waals surface area (Å²) < 4.78 is 22.3. The van der Waals surface area contributed by atoms with Gasteiger partial charge < -0.3 is 30.9 Å². The maximum Gasteiger partial charge on any atom is 0.508 e. The number of nitrogens with two attached hydrogens (primary N) is 2. The van der Waals surface area contributed by atoms with E-state index in [1.54, 1.807) is 31.2 Å². The number of alkyl halides is 2. The van der Waals surface area contributed by atoms with Crippen LogP contribution in [-0.2, 0) is 16.1 Å². The van der Waals surface area contributed by atoms with Crippen molar-refractivity contribution in [3.05, 3.63) is 71.1 Å². The molecule has 2 bridgehead atoms. The standard InChI is InChI=1S/C25H26Cl2FN7O5/c1-12-8-32-22(36)19(13(2)25(26,27)40-24(37)38)21-34-20(31-9-15-7-16(28)10-33-23(15)39-12)18(11-35(21)30)14-3-5-17(29)6-4-14/h3-7,10-13H,8-9,29-30H2,1-2H3,(H,31,34)(H,32,36)(H,37,38)/b21-19+/t12-,13?/m0/s1. The smallest absolute Gasteiger partial charge is 0.473 e. The number of hydrazine groups is 1. The van der Waals surface area contributed by atoms with Crippen LogP contribution < -0.4 is 26.9 Å². The molecule has 2 atom stereocenters. The monoisotopic (exact) mass is 593 g/mol. The molecule has 40 heavy (non-hydrogen) atoms. The molecule has 0 radical (unpaired) electrons. The quantitative estimate of drug-likeness (QED) is 0.153. The highest BCUT2D eigenvalue weighted by molar-refractivity contribution is 6.48. The molecule has 0 saturated carbocycles. The second-order valence-corrected chi connectivity index (χ2v) is 10.3. The number of hydrogen-bond acceptors (Lipinski definition) is 10. The number of nitrogen functional groups attached to an aromatic ring is 1. The third-order valence-corrected chi connectivity index (χ3v) is 6.86. The molecule has 0 aliphatic carbocycles. The summed E-state index contributed by atoms with van der Waals surface area (Å²) >= 11 is 12.5. The molecule has 12 nitrogen and oxygen atoms in total. The molecule has 2 aromatic rings. The number of anilines is 1. The van der Waals surface area contributed by atoms with Crippen molar-refractivity contribution in [1.29, 1.82) is 0 Å². The van der Waals surface area contributed by atoms with E-state index in [-0.39, 0.29) is 36.2 Å². The van der Waals surface area contributed by atoms with E-state index in [1.807, 2.05) is 0 Å². The number of carboxylic acid groups (broad SMARTS) is 1. The Morgan fingerprint density at radius 2 is 2.02 bits per heavy atom. The van der Waals surface area contributed by atoms with Crippen molar-refractivity contribution in [2.75, 3.05) is 12.3 Å². The number of aromatic nitrogens is 1. The van der Waals surface area contributed by atoms with Crippen LogP contribution in [0.3, 0.4) is 0 Å². The lowest BCUT2D eigenvalue weighted by Crippen LogP contribution is -2.43. The topological polar surface area (TPSA) is 177 Å². The maximum absolute atomic E-state index is 14.1. The van der Waals surface area contributed by atoms with Crippen LogP contribution in [0.1, 0.15) is 25.0 Å². The fourth-order valence-corrected chi connectivity index (χ4v) is 4.35. The number of hydrogen-bond donors (Lipinski definition) is 5. The lowest BCUT2D eigenvalue weighted by molar-refractivity contribution is -0.119. The van der Waals surface area contributed by atoms with Crippen LogP contribution in [0.5, 0.6) is 5.88 Å². The highest BCUT2D eigenvalue weighted by Gasteiger charge is 2.43. The van der Waals surface area contributed by atoms with Crippen molar-refractivity contribution in [2.45, 2.75) is 31.0 Å². The Labute approximate surface area is 238 Å². The van der Waals surface area contributed by atoms with E-state index < -0.39 is 34.4 Å². The van der Waals surface area contributed by atoms with E-state index in [4.69, 9.17) is 44.6 Å². The number of ether oxygens (including phenoxy) is 2. The van der Waals surface area contributed by atoms with E-state index in [1.165, 1.54) is 19.2 Å². The zero-order valence-electron chi connectivity index (χ0n) is 21.3. The number of benzene rings is 1. The van der Waals surface area contributed by atoms with E-state index in [2.05, 4.69) is 25.3 Å². The first-order chi connectivity index (χ1) is 18.9. The van der Waals surface area contributed by atoms with Crippen molar-refractivity contribution in [3.63, 3.8) is 0 Å². The summed E-state index contributed by atoms with van der Waals surface area (Å²) in [5.74, 6) is 4.08. The number of nitrogens with one attached hydrogen (secondary N) is 2. The summed E-state index contributed by atoms with van der Waals surface area (Å²) in [7, 11) is 0. The Morgan fingerprint density at radius 1 is 1.32 bits per heavy atom. The number of aliphatic imine (C=N–C) groups is 1. The predicted molar refractivity (Wildman–Crippen MR) is 146 cm³/mol. The summed E-state index contributed by atoms with van der Waals surface area (Å²) in [6, 6.07) is 8.13. The van der Waals surface area contributed by atoms with Crippen LogP contribution in [0, 0.1) is 11.7 Å². The maximum atomic E-state index is 14.1. The molecule has 2 aliphatic heterocycles. The minimum absolute atomic E-state index is 0.0269. The molecular weight excluding hydrogens is 568 g/mol. The van der Waals surface area contributed by atoms with Crippen LogP contribution in [0.15, 0.2) is 59.1 Å². The molecule has 212 valence electrons. The normalized spacial score (nSPS) is 20.6. The van der Waals surface area contributed by atoms with Gasteiger partial charge in [0, 0.05) is 29.6 Å². The van der Waals surface area contributed by atoms with Crippen LogP contribution in [0.2, 0.25) is 0 Å². The fourth-order valence-electron chi connectivity index (χ4n) is 4.00. The number of carbonyl (C=O) groups excluding carboxylic acids is 1. The summed E-state index contributed by atoms with van der Waals surface area (Å²) in [6.07, 6.45) is 0.157. The van der Waals surface area contributed by atoms with Gasteiger partial charge in [0.1, 0.15) is 17.8 Å². The Morgan fingerprint density at radius 3 is 2.70 bits per heavy atom. The number of carbonyl (C=O) groups is 2. The van der Waals surface area contributed by atoms with Gasteiger partial charge in [-0.2, -0.15) is 0 Å². The molecule has 0 spiro atoms. The number of halogens is 3. The van der Waals surface area contributed by atoms with Crippen molar-refractivity contribution in [1.82, 2.24) is 20.6 Å². The van der Waals surface area contributed by atoms with Gasteiger partial charge in [-0.05, 0) is 30.7 Å². The van der Waals surface area contributed by atoms with Gasteiger partial charge in [-0.1, -0.05) is 42.3 Å². The Kier molecular flexibility index (Phi) is 8.37. The van der Waals surface area contributed by atoms with Gasteiger partial charge in [-0.25, -0.2) is 25.0 Å². The molecule has 1 aromatic heterocycles. The van der Waals surface area contributed by atoms with Gasteiger partial charge in [0.25, 0.3) is 10.4 Å². The number of amidine groups is 1. The molecule has 15 heteroatoms. The lowest BCUT2D eigenvalue weighted by Gasteiger charge is -2.31. The van der Waals surface area contributed by atoms with Gasteiger partial charge in [-0.3, -0.25) is 9.80 Å². The molecule has 7 N–H and O–H groups in total. The third-order valence-electron chi connectivity index (χ3n) is 6.05. The zero-order chi connectivity index (χ0) is 29.2. The second kappa shape index (κ2) is 11.6. The van der Waals surface area contributed by atoms with Crippen LogP contribution in [0.4, 0.5) is 14.9 Å². The Balaban J connectivity index is 1.89. The molecular formula is C25H26Cl2FN7O5. The number of pyridine rings is 1. The van der Waals surface area contributed by atoms with E-state index in [9.17, 15) is 14.0 Å². The Bertz CT molecular complexity index is 1410. The molecule has 1 unspecified atom stereocenters. The zero-order valence-corrected chi connectivity index (χ0v) is 22.8. The average molecular weight is 594 g/mol. The third kappa shape index (κ3) is 6.38. The van der Waals surface area contributed by atoms with Gasteiger partial charge in [0.05, 0.1) is 24.2 Å². The molecule has 0 fully saturated rings. The molecule has 3 heterocycles. The number of fused-ring (bicyclic) bond motifs is 2. The lowest BCUT2D eigenvalue weighted by atomic mass is 9.98. The first-order valence-electron chi connectivity index (χ1n) is 11.9. The minimum atomic E-state index is -2.38. The van der Waals surface area contributed by atoms with E-state index in [0.717, 1.165) is 11.2 Å². The minimum Gasteiger partial charge on any atom is -0.473 e. The second-order valence-electron chi connectivity index (χ2n) is 9.03. The van der Waals surface area contributed by atoms with Gasteiger partial charge in [-0.15, -0.1) is 0 Å². The van der Waals surface area contributed by atoms with Crippen LogP contribution in [0.25, 0.3) is 5.57 Å². The van der Waals surface area contributed by atoms with Gasteiger partial charge in [0.2, 0.25) is 5.88 Å². The fraction of sp³-hybridized carbons (Fsp3) is 0.280. The molecule has 2 aliphatic rings. The van der Waals surface area contributed by atoms with Crippen LogP contribution >= 0.6 is 23.2 Å². The molecule has 4 rings (SSSR count).